The predicted octanol–water partition coefficient (Wildman–Crippen LogP) is 5.20. The topological polar surface area (TPSA) is 87.8 Å². The normalized spacial score (nSPS) is 20.5. The molecular weight excluding hydrogens is 436 g/mol. The van der Waals surface area contributed by atoms with Crippen molar-refractivity contribution >= 4 is 45.6 Å². The fraction of sp³-hybridized carbons (Fsp3) is 0.0400. The number of hydrogen-bond acceptors (Lipinski definition) is 6. The van der Waals surface area contributed by atoms with E-state index in [0.29, 0.717) is 5.17 Å². The highest BCUT2D eigenvalue weighted by Gasteiger charge is 2.50. The van der Waals surface area contributed by atoms with Gasteiger partial charge in [0.05, 0.1) is 16.3 Å². The first-order chi connectivity index (χ1) is 16.1. The van der Waals surface area contributed by atoms with Crippen LogP contribution in [0.15, 0.2) is 95.3 Å². The van der Waals surface area contributed by atoms with Crippen molar-refractivity contribution in [3.05, 3.63) is 117 Å². The van der Waals surface area contributed by atoms with Crippen molar-refractivity contribution in [1.29, 1.82) is 0 Å². The molecule has 0 aromatic heterocycles. The molecule has 3 aromatic carbocycles. The number of para-hydroxylation sites is 1. The van der Waals surface area contributed by atoms with Gasteiger partial charge < -0.3 is 5.32 Å². The zero-order valence-electron chi connectivity index (χ0n) is 17.1. The van der Waals surface area contributed by atoms with Crippen molar-refractivity contribution in [1.82, 2.24) is 4.90 Å². The van der Waals surface area contributed by atoms with Crippen molar-refractivity contribution in [2.75, 3.05) is 5.32 Å². The molecule has 3 aliphatic rings. The van der Waals surface area contributed by atoms with E-state index in [1.54, 1.807) is 12.1 Å². The van der Waals surface area contributed by atoms with Gasteiger partial charge in [0, 0.05) is 28.8 Å². The van der Waals surface area contributed by atoms with E-state index >= 15 is 0 Å². The molecule has 1 N–H and O–H groups in total. The second kappa shape index (κ2) is 7.18. The number of carbonyl (C=O) groups excluding carboxylic acids is 1. The maximum atomic E-state index is 13.3. The van der Waals surface area contributed by atoms with Crippen LogP contribution in [0.25, 0.3) is 11.4 Å². The lowest BCUT2D eigenvalue weighted by Crippen LogP contribution is -2.38. The molecule has 1 spiro atoms. The minimum Gasteiger partial charge on any atom is -0.323 e. The van der Waals surface area contributed by atoms with Crippen LogP contribution < -0.4 is 5.32 Å². The fourth-order valence-corrected chi connectivity index (χ4v) is 5.32. The monoisotopic (exact) mass is 452 g/mol. The molecule has 0 radical (unpaired) electrons. The number of nitrogens with zero attached hydrogens (tertiary/aromatic N) is 3. The van der Waals surface area contributed by atoms with Gasteiger partial charge in [-0.15, -0.1) is 0 Å². The highest BCUT2D eigenvalue weighted by atomic mass is 32.2. The van der Waals surface area contributed by atoms with E-state index in [4.69, 9.17) is 4.99 Å². The Hall–Kier alpha value is -4.17. The molecule has 160 valence electrons. The van der Waals surface area contributed by atoms with Crippen LogP contribution in [-0.2, 0) is 10.3 Å². The minimum atomic E-state index is -1.15. The number of nitrogens with one attached hydrogen (secondary N) is 1. The highest BCUT2D eigenvalue weighted by molar-refractivity contribution is 8.16. The third-order valence-corrected chi connectivity index (χ3v) is 6.77. The molecule has 0 saturated heterocycles. The zero-order chi connectivity index (χ0) is 22.6. The Morgan fingerprint density at radius 3 is 2.36 bits per heavy atom. The lowest BCUT2D eigenvalue weighted by Gasteiger charge is -2.34. The molecule has 0 bridgehead atoms. The Morgan fingerprint density at radius 2 is 1.61 bits per heavy atom. The van der Waals surface area contributed by atoms with Crippen molar-refractivity contribution in [3.8, 4) is 0 Å². The number of benzene rings is 3. The van der Waals surface area contributed by atoms with Gasteiger partial charge in [0.15, 0.2) is 10.7 Å². The minimum absolute atomic E-state index is 0.0366. The number of nitro groups is 1. The van der Waals surface area contributed by atoms with Gasteiger partial charge in [0.25, 0.3) is 11.6 Å². The highest BCUT2D eigenvalue weighted by Crippen LogP contribution is 2.50. The van der Waals surface area contributed by atoms with Crippen LogP contribution in [0, 0.1) is 10.1 Å². The second-order valence-electron chi connectivity index (χ2n) is 7.82. The number of carbonyl (C=O) groups is 1. The standard InChI is InChI=1S/C25H16N4O3S/c30-23-25(19-8-4-5-9-20(19)26-23)14-21(16-6-2-1-3-7-16)28-22(15-33-24(28)27-25)17-10-12-18(13-11-17)29(31)32/h1-15H,(H,26,30). The molecule has 1 amide bonds. The van der Waals surface area contributed by atoms with Gasteiger partial charge in [-0.05, 0) is 35.4 Å². The van der Waals surface area contributed by atoms with Crippen LogP contribution in [0.1, 0.15) is 16.7 Å². The Bertz CT molecular complexity index is 1410. The van der Waals surface area contributed by atoms with Gasteiger partial charge >= 0.3 is 0 Å². The predicted molar refractivity (Wildman–Crippen MR) is 129 cm³/mol. The molecule has 0 fully saturated rings. The summed E-state index contributed by atoms with van der Waals surface area (Å²) in [6.07, 6.45) is 1.91. The van der Waals surface area contributed by atoms with Crippen LogP contribution >= 0.6 is 11.8 Å². The molecular formula is C25H16N4O3S. The SMILES string of the molecule is O=C1Nc2ccccc2C12C=C(c1ccccc1)N1C(c3ccc([N+](=O)[O-])cc3)=CSC1=N2. The zero-order valence-corrected chi connectivity index (χ0v) is 18.0. The number of hydrogen-bond donors (Lipinski definition) is 1. The van der Waals surface area contributed by atoms with Crippen LogP contribution in [0.4, 0.5) is 11.4 Å². The van der Waals surface area contributed by atoms with Gasteiger partial charge in [0.1, 0.15) is 0 Å². The first-order valence-corrected chi connectivity index (χ1v) is 11.2. The Labute approximate surface area is 193 Å². The van der Waals surface area contributed by atoms with E-state index in [-0.39, 0.29) is 11.6 Å². The van der Waals surface area contributed by atoms with Gasteiger partial charge in [0.2, 0.25) is 0 Å². The van der Waals surface area contributed by atoms with E-state index in [2.05, 4.69) is 5.32 Å². The summed E-state index contributed by atoms with van der Waals surface area (Å²) < 4.78 is 0. The third kappa shape index (κ3) is 2.91. The number of nitro benzene ring substituents is 1. The van der Waals surface area contributed by atoms with E-state index in [1.807, 2.05) is 71.0 Å². The van der Waals surface area contributed by atoms with Gasteiger partial charge in [-0.25, -0.2) is 4.99 Å². The van der Waals surface area contributed by atoms with Crippen LogP contribution in [0.5, 0.6) is 0 Å². The summed E-state index contributed by atoms with van der Waals surface area (Å²) in [7, 11) is 0. The number of fused-ring (bicyclic) bond motifs is 3. The summed E-state index contributed by atoms with van der Waals surface area (Å²) in [6.45, 7) is 0. The van der Waals surface area contributed by atoms with Gasteiger partial charge in [-0.3, -0.25) is 19.8 Å². The van der Waals surface area contributed by atoms with E-state index in [1.165, 1.54) is 23.9 Å². The smallest absolute Gasteiger partial charge is 0.269 e. The average molecular weight is 452 g/mol. The molecule has 0 saturated carbocycles. The fourth-order valence-electron chi connectivity index (χ4n) is 4.36. The van der Waals surface area contributed by atoms with Gasteiger partial charge in [-0.1, -0.05) is 60.3 Å². The van der Waals surface area contributed by atoms with Crippen LogP contribution in [-0.4, -0.2) is 20.9 Å². The summed E-state index contributed by atoms with van der Waals surface area (Å²) in [5.41, 5.74) is 3.92. The molecule has 7 nitrogen and oxygen atoms in total. The van der Waals surface area contributed by atoms with Crippen molar-refractivity contribution in [2.45, 2.75) is 5.54 Å². The van der Waals surface area contributed by atoms with Crippen LogP contribution in [0.2, 0.25) is 0 Å². The lowest BCUT2D eigenvalue weighted by atomic mass is 9.88. The first-order valence-electron chi connectivity index (χ1n) is 10.3. The molecule has 6 rings (SSSR count). The van der Waals surface area contributed by atoms with Crippen molar-refractivity contribution in [3.63, 3.8) is 0 Å². The van der Waals surface area contributed by atoms with E-state index < -0.39 is 10.5 Å². The molecule has 8 heteroatoms. The maximum absolute atomic E-state index is 13.3. The van der Waals surface area contributed by atoms with Crippen LogP contribution in [0.3, 0.4) is 0 Å². The Kier molecular flexibility index (Phi) is 4.24. The molecule has 1 unspecified atom stereocenters. The summed E-state index contributed by atoms with van der Waals surface area (Å²) in [5, 5.41) is 16.7. The van der Waals surface area contributed by atoms with E-state index in [9.17, 15) is 14.9 Å². The molecule has 3 heterocycles. The maximum Gasteiger partial charge on any atom is 0.269 e. The van der Waals surface area contributed by atoms with Crippen molar-refractivity contribution in [2.24, 2.45) is 4.99 Å². The Balaban J connectivity index is 1.52. The largest absolute Gasteiger partial charge is 0.323 e. The molecule has 1 atom stereocenters. The summed E-state index contributed by atoms with van der Waals surface area (Å²) >= 11 is 1.43. The summed E-state index contributed by atoms with van der Waals surface area (Å²) in [4.78, 5) is 30.9. The molecule has 3 aliphatic heterocycles. The Morgan fingerprint density at radius 1 is 0.909 bits per heavy atom. The number of rotatable bonds is 3. The number of anilines is 1. The molecule has 33 heavy (non-hydrogen) atoms. The number of non-ortho nitro benzene ring substituents is 1. The number of amidine groups is 1. The third-order valence-electron chi connectivity index (χ3n) is 5.94. The van der Waals surface area contributed by atoms with Crippen molar-refractivity contribution < 1.29 is 9.72 Å². The van der Waals surface area contributed by atoms with Gasteiger partial charge in [-0.2, -0.15) is 0 Å². The van der Waals surface area contributed by atoms with E-state index in [0.717, 1.165) is 33.8 Å². The quantitative estimate of drug-likeness (QED) is 0.436. The molecule has 0 aliphatic carbocycles. The number of thioether (sulfide) groups is 1. The number of aliphatic imine (C=N–C) groups is 1. The molecule has 3 aromatic rings. The second-order valence-corrected chi connectivity index (χ2v) is 8.65. The average Bonchev–Trinajstić information content (AvgIpc) is 3.38. The first kappa shape index (κ1) is 19.5. The lowest BCUT2D eigenvalue weighted by molar-refractivity contribution is -0.384. The number of amides is 1. The summed E-state index contributed by atoms with van der Waals surface area (Å²) in [5.74, 6) is -0.186. The summed E-state index contributed by atoms with van der Waals surface area (Å²) in [6, 6.07) is 23.9.